The molecule has 3 heterocycles. The molecule has 0 aromatic carbocycles. The zero-order valence-electron chi connectivity index (χ0n) is 12.0. The average Bonchev–Trinajstić information content (AvgIpc) is 2.73. The molecule has 1 aliphatic heterocycles. The fraction of sp³-hybridized carbons (Fsp3) is 0.500. The van der Waals surface area contributed by atoms with Crippen LogP contribution < -0.4 is 4.90 Å². The molecule has 2 aromatic rings. The standard InChI is InChI=1S/C14H18N4OS/c1-9-10(2)20-14-12(9)13(15-11(3)16-14)18-6-4-17(8-19)5-7-18/h8H,4-7H2,1-3H3. The van der Waals surface area contributed by atoms with Gasteiger partial charge in [-0.2, -0.15) is 0 Å². The summed E-state index contributed by atoms with van der Waals surface area (Å²) in [6, 6.07) is 0. The van der Waals surface area contributed by atoms with Crippen LogP contribution in [0.25, 0.3) is 10.2 Å². The van der Waals surface area contributed by atoms with Crippen LogP contribution in [0.4, 0.5) is 5.82 Å². The summed E-state index contributed by atoms with van der Waals surface area (Å²) in [6.07, 6.45) is 0.929. The summed E-state index contributed by atoms with van der Waals surface area (Å²) in [5, 5.41) is 1.18. The van der Waals surface area contributed by atoms with Crippen molar-refractivity contribution in [2.24, 2.45) is 0 Å². The predicted molar refractivity (Wildman–Crippen MR) is 81.5 cm³/mol. The van der Waals surface area contributed by atoms with Crippen molar-refractivity contribution >= 4 is 33.8 Å². The van der Waals surface area contributed by atoms with E-state index in [2.05, 4.69) is 28.7 Å². The Morgan fingerprint density at radius 3 is 2.45 bits per heavy atom. The number of aromatic nitrogens is 2. The Balaban J connectivity index is 2.04. The summed E-state index contributed by atoms with van der Waals surface area (Å²) >= 11 is 1.73. The maximum atomic E-state index is 10.8. The first-order valence-corrected chi connectivity index (χ1v) is 7.60. The molecule has 1 aliphatic rings. The lowest BCUT2D eigenvalue weighted by atomic mass is 10.2. The second kappa shape index (κ2) is 5.01. The van der Waals surface area contributed by atoms with Gasteiger partial charge in [-0.25, -0.2) is 9.97 Å². The highest BCUT2D eigenvalue weighted by Crippen LogP contribution is 2.35. The Morgan fingerprint density at radius 2 is 1.80 bits per heavy atom. The van der Waals surface area contributed by atoms with Crippen molar-refractivity contribution in [3.8, 4) is 0 Å². The molecule has 0 unspecified atom stereocenters. The lowest BCUT2D eigenvalue weighted by Crippen LogP contribution is -2.46. The van der Waals surface area contributed by atoms with Crippen molar-refractivity contribution < 1.29 is 4.79 Å². The molecule has 3 rings (SSSR count). The number of nitrogens with zero attached hydrogens (tertiary/aromatic N) is 4. The number of hydrogen-bond acceptors (Lipinski definition) is 5. The van der Waals surface area contributed by atoms with Gasteiger partial charge >= 0.3 is 0 Å². The van der Waals surface area contributed by atoms with Crippen LogP contribution >= 0.6 is 11.3 Å². The summed E-state index contributed by atoms with van der Waals surface area (Å²) in [5.41, 5.74) is 1.28. The molecule has 0 N–H and O–H groups in total. The number of aryl methyl sites for hydroxylation is 3. The summed E-state index contributed by atoms with van der Waals surface area (Å²) < 4.78 is 0. The Kier molecular flexibility index (Phi) is 3.33. The highest BCUT2D eigenvalue weighted by atomic mass is 32.1. The number of hydrogen-bond donors (Lipinski definition) is 0. The van der Waals surface area contributed by atoms with Gasteiger partial charge in [0.1, 0.15) is 16.5 Å². The van der Waals surface area contributed by atoms with Crippen LogP contribution in [0.5, 0.6) is 0 Å². The van der Waals surface area contributed by atoms with Crippen LogP contribution in [0.2, 0.25) is 0 Å². The van der Waals surface area contributed by atoms with Crippen LogP contribution in [0.3, 0.4) is 0 Å². The van der Waals surface area contributed by atoms with E-state index in [0.717, 1.165) is 49.1 Å². The molecule has 0 atom stereocenters. The van der Waals surface area contributed by atoms with Gasteiger partial charge in [0, 0.05) is 31.1 Å². The third-order valence-electron chi connectivity index (χ3n) is 3.88. The van der Waals surface area contributed by atoms with Crippen LogP contribution in [-0.4, -0.2) is 47.5 Å². The minimum atomic E-state index is 0.760. The zero-order valence-corrected chi connectivity index (χ0v) is 12.8. The van der Waals surface area contributed by atoms with Gasteiger partial charge in [0.25, 0.3) is 0 Å². The first-order valence-electron chi connectivity index (χ1n) is 6.79. The maximum Gasteiger partial charge on any atom is 0.209 e. The van der Waals surface area contributed by atoms with Crippen molar-refractivity contribution in [2.45, 2.75) is 20.8 Å². The van der Waals surface area contributed by atoms with Gasteiger partial charge in [-0.05, 0) is 26.3 Å². The molecule has 6 heteroatoms. The van der Waals surface area contributed by atoms with E-state index in [1.807, 2.05) is 11.8 Å². The van der Waals surface area contributed by atoms with Gasteiger partial charge in [0.2, 0.25) is 6.41 Å². The normalized spacial score (nSPS) is 15.9. The van der Waals surface area contributed by atoms with E-state index in [4.69, 9.17) is 0 Å². The van der Waals surface area contributed by atoms with Crippen LogP contribution in [-0.2, 0) is 4.79 Å². The molecule has 0 saturated carbocycles. The van der Waals surface area contributed by atoms with E-state index in [-0.39, 0.29) is 0 Å². The van der Waals surface area contributed by atoms with Gasteiger partial charge < -0.3 is 9.80 Å². The quantitative estimate of drug-likeness (QED) is 0.793. The van der Waals surface area contributed by atoms with Crippen molar-refractivity contribution in [1.82, 2.24) is 14.9 Å². The van der Waals surface area contributed by atoms with Crippen LogP contribution in [0.15, 0.2) is 0 Å². The van der Waals surface area contributed by atoms with E-state index < -0.39 is 0 Å². The van der Waals surface area contributed by atoms with Crippen molar-refractivity contribution in [2.75, 3.05) is 31.1 Å². The number of piperazine rings is 1. The highest BCUT2D eigenvalue weighted by molar-refractivity contribution is 7.18. The minimum absolute atomic E-state index is 0.760. The molecule has 0 radical (unpaired) electrons. The monoisotopic (exact) mass is 290 g/mol. The van der Waals surface area contributed by atoms with E-state index in [1.54, 1.807) is 11.3 Å². The Labute approximate surface area is 122 Å². The summed E-state index contributed by atoms with van der Waals surface area (Å²) in [7, 11) is 0. The Bertz CT molecular complexity index is 659. The number of carbonyl (C=O) groups is 1. The smallest absolute Gasteiger partial charge is 0.209 e. The first kappa shape index (κ1) is 13.3. The van der Waals surface area contributed by atoms with Gasteiger partial charge in [0.05, 0.1) is 5.39 Å². The molecule has 20 heavy (non-hydrogen) atoms. The third-order valence-corrected chi connectivity index (χ3v) is 4.99. The molecule has 106 valence electrons. The molecule has 5 nitrogen and oxygen atoms in total. The fourth-order valence-electron chi connectivity index (χ4n) is 2.60. The van der Waals surface area contributed by atoms with Gasteiger partial charge in [-0.3, -0.25) is 4.79 Å². The predicted octanol–water partition coefficient (Wildman–Crippen LogP) is 1.89. The molecule has 1 fully saturated rings. The van der Waals surface area contributed by atoms with Gasteiger partial charge in [-0.1, -0.05) is 0 Å². The number of anilines is 1. The first-order chi connectivity index (χ1) is 9.60. The number of fused-ring (bicyclic) bond motifs is 1. The molecular weight excluding hydrogens is 272 g/mol. The van der Waals surface area contributed by atoms with Crippen molar-refractivity contribution in [3.63, 3.8) is 0 Å². The third kappa shape index (κ3) is 2.14. The summed E-state index contributed by atoms with van der Waals surface area (Å²) in [5.74, 6) is 1.84. The van der Waals surface area contributed by atoms with Crippen molar-refractivity contribution in [3.05, 3.63) is 16.3 Å². The van der Waals surface area contributed by atoms with E-state index in [0.29, 0.717) is 0 Å². The largest absolute Gasteiger partial charge is 0.352 e. The summed E-state index contributed by atoms with van der Waals surface area (Å²) in [4.78, 5) is 26.5. The average molecular weight is 290 g/mol. The minimum Gasteiger partial charge on any atom is -0.352 e. The Hall–Kier alpha value is -1.69. The maximum absolute atomic E-state index is 10.8. The molecule has 0 aliphatic carbocycles. The lowest BCUT2D eigenvalue weighted by Gasteiger charge is -2.33. The van der Waals surface area contributed by atoms with Gasteiger partial charge in [-0.15, -0.1) is 11.3 Å². The second-order valence-electron chi connectivity index (χ2n) is 5.19. The number of thiophene rings is 1. The molecule has 1 saturated heterocycles. The number of rotatable bonds is 2. The topological polar surface area (TPSA) is 49.3 Å². The highest BCUT2D eigenvalue weighted by Gasteiger charge is 2.22. The lowest BCUT2D eigenvalue weighted by molar-refractivity contribution is -0.118. The van der Waals surface area contributed by atoms with E-state index >= 15 is 0 Å². The van der Waals surface area contributed by atoms with Crippen LogP contribution in [0, 0.1) is 20.8 Å². The van der Waals surface area contributed by atoms with E-state index in [1.165, 1.54) is 15.8 Å². The molecule has 2 aromatic heterocycles. The molecule has 1 amide bonds. The fourth-order valence-corrected chi connectivity index (χ4v) is 3.67. The summed E-state index contributed by atoms with van der Waals surface area (Å²) in [6.45, 7) is 9.39. The van der Waals surface area contributed by atoms with Crippen LogP contribution in [0.1, 0.15) is 16.3 Å². The molecular formula is C14H18N4OS. The number of carbonyl (C=O) groups excluding carboxylic acids is 1. The number of amides is 1. The molecule has 0 spiro atoms. The second-order valence-corrected chi connectivity index (χ2v) is 6.39. The Morgan fingerprint density at radius 1 is 1.10 bits per heavy atom. The van der Waals surface area contributed by atoms with Crippen molar-refractivity contribution in [1.29, 1.82) is 0 Å². The molecule has 0 bridgehead atoms. The zero-order chi connectivity index (χ0) is 14.3. The van der Waals surface area contributed by atoms with E-state index in [9.17, 15) is 4.79 Å². The van der Waals surface area contributed by atoms with Gasteiger partial charge in [0.15, 0.2) is 0 Å². The SMILES string of the molecule is Cc1nc(N2CCN(C=O)CC2)c2c(C)c(C)sc2n1.